The summed E-state index contributed by atoms with van der Waals surface area (Å²) in [6, 6.07) is 1.99. The smallest absolute Gasteiger partial charge is 0.348 e. The van der Waals surface area contributed by atoms with E-state index in [1.165, 1.54) is 29.7 Å². The first-order chi connectivity index (χ1) is 17.5. The first kappa shape index (κ1) is 24.9. The summed E-state index contributed by atoms with van der Waals surface area (Å²) in [6.45, 7) is 3.83. The van der Waals surface area contributed by atoms with E-state index in [1.807, 2.05) is 23.4 Å². The van der Waals surface area contributed by atoms with E-state index in [0.717, 1.165) is 81.4 Å². The van der Waals surface area contributed by atoms with Crippen LogP contribution in [0.2, 0.25) is 0 Å². The Balaban J connectivity index is 1.46. The first-order valence-corrected chi connectivity index (χ1v) is 14.2. The molecule has 8 heteroatoms. The molecule has 1 aliphatic heterocycles. The zero-order valence-electron chi connectivity index (χ0n) is 21.1. The van der Waals surface area contributed by atoms with Gasteiger partial charge in [0.1, 0.15) is 11.2 Å². The van der Waals surface area contributed by atoms with Crippen molar-refractivity contribution in [3.63, 3.8) is 0 Å². The number of thiophene rings is 1. The Morgan fingerprint density at radius 3 is 2.42 bits per heavy atom. The lowest BCUT2D eigenvalue weighted by Crippen LogP contribution is -2.50. The molecular formula is C28H36N4O3S. The van der Waals surface area contributed by atoms with Gasteiger partial charge >= 0.3 is 5.97 Å². The third-order valence-electron chi connectivity index (χ3n) is 8.12. The number of carboxylic acids is 1. The van der Waals surface area contributed by atoms with E-state index in [1.54, 1.807) is 0 Å². The summed E-state index contributed by atoms with van der Waals surface area (Å²) in [5, 5.41) is 10.2. The fraction of sp³-hybridized carbons (Fsp3) is 0.571. The predicted molar refractivity (Wildman–Crippen MR) is 144 cm³/mol. The Bertz CT molecular complexity index is 1100. The van der Waals surface area contributed by atoms with Crippen LogP contribution < -0.4 is 9.80 Å². The predicted octanol–water partition coefficient (Wildman–Crippen LogP) is 6.02. The molecule has 0 aromatic carbocycles. The maximum absolute atomic E-state index is 14.1. The number of nitrogens with zero attached hydrogens (tertiary/aromatic N) is 4. The van der Waals surface area contributed by atoms with Crippen LogP contribution in [0.15, 0.2) is 30.9 Å². The molecule has 1 saturated carbocycles. The molecule has 36 heavy (non-hydrogen) atoms. The molecule has 1 N–H and O–H groups in total. The molecule has 0 unspecified atom stereocenters. The van der Waals surface area contributed by atoms with Crippen molar-refractivity contribution in [3.8, 4) is 0 Å². The molecule has 3 heterocycles. The van der Waals surface area contributed by atoms with Crippen molar-refractivity contribution in [2.24, 2.45) is 11.8 Å². The number of carbonyl (C=O) groups is 2. The number of carboxylic acid groups (broad SMARTS) is 1. The van der Waals surface area contributed by atoms with Crippen LogP contribution in [0.1, 0.15) is 85.7 Å². The van der Waals surface area contributed by atoms with Gasteiger partial charge in [-0.1, -0.05) is 13.0 Å². The molecule has 0 radical (unpaired) electrons. The maximum Gasteiger partial charge on any atom is 0.348 e. The Morgan fingerprint density at radius 1 is 1.06 bits per heavy atom. The van der Waals surface area contributed by atoms with Gasteiger partial charge in [0.05, 0.1) is 23.8 Å². The van der Waals surface area contributed by atoms with Crippen LogP contribution >= 0.6 is 11.3 Å². The molecule has 1 saturated heterocycles. The highest BCUT2D eigenvalue weighted by atomic mass is 32.1. The van der Waals surface area contributed by atoms with Crippen molar-refractivity contribution in [3.05, 3.63) is 40.6 Å². The fourth-order valence-corrected chi connectivity index (χ4v) is 7.03. The van der Waals surface area contributed by atoms with Gasteiger partial charge in [-0.15, -0.1) is 11.3 Å². The van der Waals surface area contributed by atoms with Crippen LogP contribution in [-0.4, -0.2) is 46.1 Å². The van der Waals surface area contributed by atoms with E-state index < -0.39 is 5.97 Å². The summed E-state index contributed by atoms with van der Waals surface area (Å²) in [7, 11) is 0. The second-order valence-electron chi connectivity index (χ2n) is 10.6. The van der Waals surface area contributed by atoms with Crippen molar-refractivity contribution in [1.82, 2.24) is 9.97 Å². The van der Waals surface area contributed by atoms with Gasteiger partial charge in [-0.2, -0.15) is 0 Å². The molecule has 0 bridgehead atoms. The number of piperidine rings is 1. The van der Waals surface area contributed by atoms with Gasteiger partial charge in [0.2, 0.25) is 5.91 Å². The molecule has 5 rings (SSSR count). The van der Waals surface area contributed by atoms with Crippen molar-refractivity contribution in [2.75, 3.05) is 22.9 Å². The Morgan fingerprint density at radius 2 is 1.78 bits per heavy atom. The number of rotatable bonds is 6. The van der Waals surface area contributed by atoms with E-state index in [9.17, 15) is 14.7 Å². The average Bonchev–Trinajstić information content (AvgIpc) is 3.36. The van der Waals surface area contributed by atoms with Gasteiger partial charge in [-0.05, 0) is 81.8 Å². The number of carbonyl (C=O) groups excluding carboxylic acids is 1. The highest BCUT2D eigenvalue weighted by Gasteiger charge is 2.37. The summed E-state index contributed by atoms with van der Waals surface area (Å²) >= 11 is 1.34. The lowest BCUT2D eigenvalue weighted by atomic mass is 9.82. The highest BCUT2D eigenvalue weighted by Crippen LogP contribution is 2.41. The highest BCUT2D eigenvalue weighted by molar-refractivity contribution is 7.15. The van der Waals surface area contributed by atoms with Crippen LogP contribution in [0.3, 0.4) is 0 Å². The molecule has 2 aromatic rings. The zero-order chi connectivity index (χ0) is 25.1. The third kappa shape index (κ3) is 5.33. The number of aromatic nitrogens is 2. The zero-order valence-corrected chi connectivity index (χ0v) is 21.9. The number of hydrogen-bond donors (Lipinski definition) is 1. The van der Waals surface area contributed by atoms with E-state index in [2.05, 4.69) is 27.9 Å². The van der Waals surface area contributed by atoms with Crippen molar-refractivity contribution in [2.45, 2.75) is 77.2 Å². The van der Waals surface area contributed by atoms with E-state index in [0.29, 0.717) is 16.5 Å². The number of allylic oxidation sites excluding steroid dienone is 2. The minimum Gasteiger partial charge on any atom is -0.477 e. The second-order valence-corrected chi connectivity index (χ2v) is 11.6. The third-order valence-corrected chi connectivity index (χ3v) is 9.31. The van der Waals surface area contributed by atoms with Crippen LogP contribution in [-0.2, 0) is 4.79 Å². The minimum atomic E-state index is -0.938. The molecule has 2 aromatic heterocycles. The topological polar surface area (TPSA) is 86.6 Å². The lowest BCUT2D eigenvalue weighted by molar-refractivity contribution is -0.124. The van der Waals surface area contributed by atoms with Crippen LogP contribution in [0.4, 0.5) is 11.4 Å². The molecule has 3 aliphatic rings. The van der Waals surface area contributed by atoms with E-state index in [4.69, 9.17) is 0 Å². The number of hydrogen-bond acceptors (Lipinski definition) is 6. The second kappa shape index (κ2) is 11.1. The molecule has 2 fully saturated rings. The molecular weight excluding hydrogens is 472 g/mol. The van der Waals surface area contributed by atoms with Crippen LogP contribution in [0, 0.1) is 11.8 Å². The number of anilines is 2. The van der Waals surface area contributed by atoms with Crippen LogP contribution in [0.5, 0.6) is 0 Å². The van der Waals surface area contributed by atoms with Crippen molar-refractivity contribution < 1.29 is 14.7 Å². The SMILES string of the molecule is CC1CCC(C(=O)N(c2cc(C3=CCCCC3)sc2C(=O)O)C2CCN(c3cncnc3)CC2)CC1. The van der Waals surface area contributed by atoms with Gasteiger partial charge in [0.25, 0.3) is 0 Å². The van der Waals surface area contributed by atoms with Crippen molar-refractivity contribution in [1.29, 1.82) is 0 Å². The monoisotopic (exact) mass is 508 g/mol. The summed E-state index contributed by atoms with van der Waals surface area (Å²) in [5.41, 5.74) is 2.83. The molecule has 0 atom stereocenters. The summed E-state index contributed by atoms with van der Waals surface area (Å²) in [6.07, 6.45) is 17.2. The molecule has 2 aliphatic carbocycles. The quantitative estimate of drug-likeness (QED) is 0.513. The van der Waals surface area contributed by atoms with Gasteiger partial charge < -0.3 is 14.9 Å². The summed E-state index contributed by atoms with van der Waals surface area (Å²) in [5.74, 6) is -0.195. The normalized spacial score (nSPS) is 23.2. The van der Waals surface area contributed by atoms with E-state index >= 15 is 0 Å². The molecule has 0 spiro atoms. The fourth-order valence-electron chi connectivity index (χ4n) is 5.97. The summed E-state index contributed by atoms with van der Waals surface area (Å²) < 4.78 is 0. The molecule has 1 amide bonds. The van der Waals surface area contributed by atoms with Crippen LogP contribution in [0.25, 0.3) is 5.57 Å². The van der Waals surface area contributed by atoms with E-state index in [-0.39, 0.29) is 17.9 Å². The Hall–Kier alpha value is -2.74. The van der Waals surface area contributed by atoms with Gasteiger partial charge in [-0.3, -0.25) is 4.79 Å². The van der Waals surface area contributed by atoms with Gasteiger partial charge in [0.15, 0.2) is 0 Å². The number of aromatic carboxylic acids is 1. The average molecular weight is 509 g/mol. The minimum absolute atomic E-state index is 0.0152. The maximum atomic E-state index is 14.1. The Kier molecular flexibility index (Phi) is 7.70. The van der Waals surface area contributed by atoms with Gasteiger partial charge in [0, 0.05) is 29.9 Å². The summed E-state index contributed by atoms with van der Waals surface area (Å²) in [4.78, 5) is 40.3. The first-order valence-electron chi connectivity index (χ1n) is 13.4. The van der Waals surface area contributed by atoms with Gasteiger partial charge in [-0.25, -0.2) is 14.8 Å². The Labute approximate surface area is 217 Å². The number of amides is 1. The standard InChI is InChI=1S/C28H36N4O3S/c1-19-7-9-21(10-8-19)27(33)32(22-11-13-31(14-12-22)23-16-29-18-30-17-23)24-15-25(36-26(24)28(34)35)20-5-3-2-4-6-20/h5,15-19,21-22H,2-4,6-14H2,1H3,(H,34,35). The molecule has 192 valence electrons. The largest absolute Gasteiger partial charge is 0.477 e. The van der Waals surface area contributed by atoms with Crippen molar-refractivity contribution >= 4 is 40.2 Å². The lowest BCUT2D eigenvalue weighted by Gasteiger charge is -2.41. The molecule has 7 nitrogen and oxygen atoms in total.